The van der Waals surface area contributed by atoms with E-state index in [-0.39, 0.29) is 0 Å². The van der Waals surface area contributed by atoms with Gasteiger partial charge < -0.3 is 10.6 Å². The lowest BCUT2D eigenvalue weighted by Crippen LogP contribution is -2.38. The van der Waals surface area contributed by atoms with Gasteiger partial charge in [0, 0.05) is 29.8 Å². The summed E-state index contributed by atoms with van der Waals surface area (Å²) in [4.78, 5) is 14.5. The van der Waals surface area contributed by atoms with E-state index < -0.39 is 0 Å². The first-order valence-corrected chi connectivity index (χ1v) is 8.77. The molecule has 114 valence electrons. The summed E-state index contributed by atoms with van der Waals surface area (Å²) >= 11 is 3.34. The molecule has 0 aliphatic heterocycles. The Hall–Kier alpha value is -1.47. The summed E-state index contributed by atoms with van der Waals surface area (Å²) in [6, 6.07) is 0. The third kappa shape index (κ3) is 5.09. The van der Waals surface area contributed by atoms with Gasteiger partial charge in [0.1, 0.15) is 0 Å². The number of aromatic nitrogens is 2. The van der Waals surface area contributed by atoms with Crippen LogP contribution >= 0.6 is 22.7 Å². The van der Waals surface area contributed by atoms with E-state index in [1.807, 2.05) is 19.4 Å². The van der Waals surface area contributed by atoms with Gasteiger partial charge in [0.15, 0.2) is 5.96 Å². The smallest absolute Gasteiger partial charge is 0.191 e. The van der Waals surface area contributed by atoms with Gasteiger partial charge in [0.05, 0.1) is 28.5 Å². The first kappa shape index (κ1) is 15.9. The second-order valence-electron chi connectivity index (χ2n) is 4.59. The predicted octanol–water partition coefficient (Wildman–Crippen LogP) is 2.51. The van der Waals surface area contributed by atoms with Crippen molar-refractivity contribution in [3.63, 3.8) is 0 Å². The summed E-state index contributed by atoms with van der Waals surface area (Å²) in [6.07, 6.45) is 0.911. The number of hydrogen-bond acceptors (Lipinski definition) is 5. The van der Waals surface area contributed by atoms with E-state index in [0.29, 0.717) is 6.54 Å². The van der Waals surface area contributed by atoms with Crippen LogP contribution in [0, 0.1) is 13.8 Å². The monoisotopic (exact) mass is 323 g/mol. The van der Waals surface area contributed by atoms with Crippen molar-refractivity contribution in [2.45, 2.75) is 33.7 Å². The molecule has 21 heavy (non-hydrogen) atoms. The lowest BCUT2D eigenvalue weighted by Gasteiger charge is -2.10. The van der Waals surface area contributed by atoms with E-state index >= 15 is 0 Å². The molecular weight excluding hydrogens is 302 g/mol. The molecule has 0 saturated heterocycles. The van der Waals surface area contributed by atoms with Crippen molar-refractivity contribution < 1.29 is 0 Å². The Balaban J connectivity index is 1.85. The quantitative estimate of drug-likeness (QED) is 0.633. The Morgan fingerprint density at radius 2 is 2.14 bits per heavy atom. The topological polar surface area (TPSA) is 62.2 Å². The third-order valence-electron chi connectivity index (χ3n) is 2.91. The van der Waals surface area contributed by atoms with Crippen LogP contribution in [0.25, 0.3) is 0 Å². The normalized spacial score (nSPS) is 11.7. The highest BCUT2D eigenvalue weighted by Crippen LogP contribution is 2.12. The average molecular weight is 323 g/mol. The van der Waals surface area contributed by atoms with Crippen LogP contribution in [0.3, 0.4) is 0 Å². The zero-order valence-electron chi connectivity index (χ0n) is 12.6. The number of guanidine groups is 1. The third-order valence-corrected chi connectivity index (χ3v) is 4.65. The van der Waals surface area contributed by atoms with E-state index in [1.165, 1.54) is 4.88 Å². The molecule has 0 bridgehead atoms. The second kappa shape index (κ2) is 8.09. The molecule has 0 unspecified atom stereocenters. The lowest BCUT2D eigenvalue weighted by atomic mass is 10.3. The van der Waals surface area contributed by atoms with E-state index in [9.17, 15) is 0 Å². The number of thiazole rings is 2. The minimum atomic E-state index is 0.668. The van der Waals surface area contributed by atoms with E-state index in [1.54, 1.807) is 22.7 Å². The molecule has 0 aromatic carbocycles. The fourth-order valence-electron chi connectivity index (χ4n) is 1.80. The molecule has 2 aromatic rings. The van der Waals surface area contributed by atoms with Crippen molar-refractivity contribution in [3.05, 3.63) is 32.2 Å². The van der Waals surface area contributed by atoms with E-state index in [4.69, 9.17) is 0 Å². The fraction of sp³-hybridized carbons (Fsp3) is 0.500. The van der Waals surface area contributed by atoms with Crippen LogP contribution in [0.2, 0.25) is 0 Å². The molecule has 2 aromatic heterocycles. The molecule has 2 heterocycles. The Kier molecular flexibility index (Phi) is 6.13. The average Bonchev–Trinajstić information content (AvgIpc) is 3.05. The van der Waals surface area contributed by atoms with Gasteiger partial charge in [-0.05, 0) is 20.8 Å². The van der Waals surface area contributed by atoms with Crippen LogP contribution < -0.4 is 10.6 Å². The van der Waals surface area contributed by atoms with Crippen LogP contribution in [-0.2, 0) is 13.0 Å². The number of nitrogens with one attached hydrogen (secondary N) is 2. The van der Waals surface area contributed by atoms with Crippen molar-refractivity contribution in [3.8, 4) is 0 Å². The van der Waals surface area contributed by atoms with Crippen molar-refractivity contribution in [1.29, 1.82) is 0 Å². The molecule has 0 amide bonds. The van der Waals surface area contributed by atoms with Crippen molar-refractivity contribution in [1.82, 2.24) is 20.6 Å². The number of aryl methyl sites for hydroxylation is 2. The van der Waals surface area contributed by atoms with Gasteiger partial charge in [-0.15, -0.1) is 22.7 Å². The van der Waals surface area contributed by atoms with Gasteiger partial charge in [-0.1, -0.05) is 0 Å². The molecule has 2 N–H and O–H groups in total. The first-order valence-electron chi connectivity index (χ1n) is 7.01. The van der Waals surface area contributed by atoms with Crippen molar-refractivity contribution in [2.75, 3.05) is 13.1 Å². The van der Waals surface area contributed by atoms with Gasteiger partial charge in [-0.3, -0.25) is 0 Å². The Labute approximate surface area is 133 Å². The van der Waals surface area contributed by atoms with Crippen LogP contribution in [0.1, 0.15) is 28.2 Å². The zero-order chi connectivity index (χ0) is 15.1. The number of rotatable bonds is 6. The molecule has 0 aliphatic carbocycles. The standard InChI is InChI=1S/C14H21N5S2/c1-4-15-14(17-7-13-10(2)18-9-21-13)16-6-5-12-8-20-11(3)19-12/h8-9H,4-7H2,1-3H3,(H2,15,16,17). The zero-order valence-corrected chi connectivity index (χ0v) is 14.3. The van der Waals surface area contributed by atoms with Gasteiger partial charge >= 0.3 is 0 Å². The van der Waals surface area contributed by atoms with Crippen LogP contribution in [0.4, 0.5) is 0 Å². The van der Waals surface area contributed by atoms with Gasteiger partial charge in [0.2, 0.25) is 0 Å². The largest absolute Gasteiger partial charge is 0.357 e. The van der Waals surface area contributed by atoms with Gasteiger partial charge in [0.25, 0.3) is 0 Å². The molecule has 0 spiro atoms. The summed E-state index contributed by atoms with van der Waals surface area (Å²) < 4.78 is 0. The Bertz CT molecular complexity index is 588. The summed E-state index contributed by atoms with van der Waals surface area (Å²) in [7, 11) is 0. The summed E-state index contributed by atoms with van der Waals surface area (Å²) in [5.74, 6) is 0.845. The van der Waals surface area contributed by atoms with Gasteiger partial charge in [-0.2, -0.15) is 0 Å². The first-order chi connectivity index (χ1) is 10.2. The number of aliphatic imine (C=N–C) groups is 1. The lowest BCUT2D eigenvalue weighted by molar-refractivity contribution is 0.790. The minimum Gasteiger partial charge on any atom is -0.357 e. The summed E-state index contributed by atoms with van der Waals surface area (Å²) in [6.45, 7) is 8.47. The van der Waals surface area contributed by atoms with Crippen LogP contribution in [0.5, 0.6) is 0 Å². The van der Waals surface area contributed by atoms with E-state index in [2.05, 4.69) is 37.9 Å². The highest BCUT2D eigenvalue weighted by atomic mass is 32.1. The summed E-state index contributed by atoms with van der Waals surface area (Å²) in [5, 5.41) is 9.84. The molecule has 2 rings (SSSR count). The fourth-order valence-corrected chi connectivity index (χ4v) is 3.15. The Morgan fingerprint density at radius 1 is 1.29 bits per heavy atom. The predicted molar refractivity (Wildman–Crippen MR) is 90.2 cm³/mol. The molecular formula is C14H21N5S2. The molecule has 0 atom stereocenters. The molecule has 5 nitrogen and oxygen atoms in total. The molecule has 0 saturated carbocycles. The molecule has 7 heteroatoms. The van der Waals surface area contributed by atoms with Crippen LogP contribution in [0.15, 0.2) is 15.9 Å². The maximum Gasteiger partial charge on any atom is 0.191 e. The van der Waals surface area contributed by atoms with E-state index in [0.717, 1.165) is 41.9 Å². The Morgan fingerprint density at radius 3 is 2.76 bits per heavy atom. The van der Waals surface area contributed by atoms with Crippen LogP contribution in [-0.4, -0.2) is 29.0 Å². The maximum absolute atomic E-state index is 4.60. The highest BCUT2D eigenvalue weighted by molar-refractivity contribution is 7.09. The SMILES string of the molecule is CCNC(=NCc1scnc1C)NCCc1csc(C)n1. The highest BCUT2D eigenvalue weighted by Gasteiger charge is 2.03. The summed E-state index contributed by atoms with van der Waals surface area (Å²) in [5.41, 5.74) is 4.07. The van der Waals surface area contributed by atoms with Crippen molar-refractivity contribution >= 4 is 28.6 Å². The number of hydrogen-bond donors (Lipinski definition) is 2. The second-order valence-corrected chi connectivity index (χ2v) is 6.59. The molecule has 0 aliphatic rings. The molecule has 0 radical (unpaired) electrons. The molecule has 0 fully saturated rings. The van der Waals surface area contributed by atoms with Gasteiger partial charge in [-0.25, -0.2) is 15.0 Å². The number of nitrogens with zero attached hydrogens (tertiary/aromatic N) is 3. The minimum absolute atomic E-state index is 0.668. The van der Waals surface area contributed by atoms with Crippen molar-refractivity contribution in [2.24, 2.45) is 4.99 Å². The maximum atomic E-state index is 4.60.